The minimum atomic E-state index is -0.0269. The van der Waals surface area contributed by atoms with Crippen molar-refractivity contribution in [3.8, 4) is 0 Å². The first-order chi connectivity index (χ1) is 6.15. The summed E-state index contributed by atoms with van der Waals surface area (Å²) in [5, 5.41) is 0.537. The van der Waals surface area contributed by atoms with Crippen molar-refractivity contribution in [1.29, 1.82) is 0 Å². The van der Waals surface area contributed by atoms with Gasteiger partial charge in [0.15, 0.2) is 0 Å². The van der Waals surface area contributed by atoms with Crippen LogP contribution in [0.2, 0.25) is 5.15 Å². The largest absolute Gasteiger partial charge is 0.324 e. The third-order valence-corrected chi connectivity index (χ3v) is 2.28. The van der Waals surface area contributed by atoms with Crippen LogP contribution in [0.5, 0.6) is 0 Å². The maximum absolute atomic E-state index is 5.87. The topological polar surface area (TPSA) is 38.9 Å². The second-order valence-corrected chi connectivity index (χ2v) is 3.37. The molecule has 0 saturated carbocycles. The van der Waals surface area contributed by atoms with Gasteiger partial charge in [0, 0.05) is 12.2 Å². The summed E-state index contributed by atoms with van der Waals surface area (Å²) in [5.41, 5.74) is 7.83. The fraction of sp³-hybridized carbons (Fsp3) is 0.300. The number of aromatic nitrogens is 1. The van der Waals surface area contributed by atoms with E-state index < -0.39 is 0 Å². The molecule has 0 aliphatic carbocycles. The minimum Gasteiger partial charge on any atom is -0.324 e. The Hall–Kier alpha value is -0.860. The quantitative estimate of drug-likeness (QED) is 0.596. The lowest BCUT2D eigenvalue weighted by Crippen LogP contribution is -2.09. The van der Waals surface area contributed by atoms with Gasteiger partial charge in [-0.25, -0.2) is 4.98 Å². The van der Waals surface area contributed by atoms with Crippen LogP contribution in [0.15, 0.2) is 24.9 Å². The summed E-state index contributed by atoms with van der Waals surface area (Å²) in [4.78, 5) is 4.03. The normalized spacial score (nSPS) is 12.5. The van der Waals surface area contributed by atoms with Crippen molar-refractivity contribution < 1.29 is 0 Å². The maximum Gasteiger partial charge on any atom is 0.131 e. The molecule has 1 rings (SSSR count). The zero-order chi connectivity index (χ0) is 9.84. The SMILES string of the molecule is C=CCC(N)c1cnc(Cl)c(C)c1. The van der Waals surface area contributed by atoms with Crippen molar-refractivity contribution in [2.75, 3.05) is 0 Å². The number of nitrogens with zero attached hydrogens (tertiary/aromatic N) is 1. The average molecular weight is 197 g/mol. The van der Waals surface area contributed by atoms with E-state index in [-0.39, 0.29) is 6.04 Å². The number of aryl methyl sites for hydroxylation is 1. The van der Waals surface area contributed by atoms with Gasteiger partial charge < -0.3 is 5.73 Å². The van der Waals surface area contributed by atoms with Crippen LogP contribution in [-0.2, 0) is 0 Å². The summed E-state index contributed by atoms with van der Waals surface area (Å²) >= 11 is 5.79. The standard InChI is InChI=1S/C10H13ClN2/c1-3-4-9(12)8-5-7(2)10(11)13-6-8/h3,5-6,9H,1,4,12H2,2H3. The zero-order valence-electron chi connectivity index (χ0n) is 7.63. The highest BCUT2D eigenvalue weighted by Crippen LogP contribution is 2.18. The van der Waals surface area contributed by atoms with Gasteiger partial charge in [0.2, 0.25) is 0 Å². The van der Waals surface area contributed by atoms with Crippen molar-refractivity contribution in [3.05, 3.63) is 41.2 Å². The molecule has 2 nitrogen and oxygen atoms in total. The molecule has 0 aromatic carbocycles. The molecule has 0 aliphatic rings. The van der Waals surface area contributed by atoms with Crippen LogP contribution in [0.3, 0.4) is 0 Å². The van der Waals surface area contributed by atoms with E-state index in [0.717, 1.165) is 17.5 Å². The van der Waals surface area contributed by atoms with Gasteiger partial charge in [-0.3, -0.25) is 0 Å². The predicted molar refractivity (Wildman–Crippen MR) is 55.7 cm³/mol. The molecule has 0 aliphatic heterocycles. The molecule has 1 aromatic rings. The number of pyridine rings is 1. The molecule has 3 heteroatoms. The summed E-state index contributed by atoms with van der Waals surface area (Å²) in [6.45, 7) is 5.56. The molecule has 0 radical (unpaired) electrons. The molecule has 1 atom stereocenters. The fourth-order valence-corrected chi connectivity index (χ4v) is 1.20. The van der Waals surface area contributed by atoms with Gasteiger partial charge in [0.25, 0.3) is 0 Å². The highest BCUT2D eigenvalue weighted by Gasteiger charge is 2.05. The lowest BCUT2D eigenvalue weighted by Gasteiger charge is -2.09. The summed E-state index contributed by atoms with van der Waals surface area (Å²) < 4.78 is 0. The number of halogens is 1. The minimum absolute atomic E-state index is 0.0269. The first kappa shape index (κ1) is 10.2. The predicted octanol–water partition coefficient (Wildman–Crippen LogP) is 2.62. The molecule has 0 saturated heterocycles. The molecule has 1 aromatic heterocycles. The first-order valence-corrected chi connectivity index (χ1v) is 4.51. The Labute approximate surface area is 83.4 Å². The average Bonchev–Trinajstić information content (AvgIpc) is 2.10. The van der Waals surface area contributed by atoms with Crippen molar-refractivity contribution in [2.45, 2.75) is 19.4 Å². The summed E-state index contributed by atoms with van der Waals surface area (Å²) in [6, 6.07) is 1.93. The fourth-order valence-electron chi connectivity index (χ4n) is 1.10. The van der Waals surface area contributed by atoms with Crippen LogP contribution >= 0.6 is 11.6 Å². The zero-order valence-corrected chi connectivity index (χ0v) is 8.38. The molecule has 2 N–H and O–H groups in total. The van der Waals surface area contributed by atoms with E-state index in [1.807, 2.05) is 13.0 Å². The van der Waals surface area contributed by atoms with Gasteiger partial charge in [-0.15, -0.1) is 6.58 Å². The first-order valence-electron chi connectivity index (χ1n) is 4.13. The third-order valence-electron chi connectivity index (χ3n) is 1.88. The molecule has 13 heavy (non-hydrogen) atoms. The molecular weight excluding hydrogens is 184 g/mol. The summed E-state index contributed by atoms with van der Waals surface area (Å²) in [5.74, 6) is 0. The van der Waals surface area contributed by atoms with E-state index in [2.05, 4.69) is 11.6 Å². The lowest BCUT2D eigenvalue weighted by molar-refractivity contribution is 0.736. The van der Waals surface area contributed by atoms with Gasteiger partial charge >= 0.3 is 0 Å². The molecule has 0 amide bonds. The monoisotopic (exact) mass is 196 g/mol. The molecular formula is C10H13ClN2. The Morgan fingerprint density at radius 1 is 1.77 bits per heavy atom. The number of nitrogens with two attached hydrogens (primary N) is 1. The Kier molecular flexibility index (Phi) is 3.46. The molecule has 0 fully saturated rings. The highest BCUT2D eigenvalue weighted by atomic mass is 35.5. The van der Waals surface area contributed by atoms with E-state index in [1.54, 1.807) is 12.3 Å². The number of hydrogen-bond acceptors (Lipinski definition) is 2. The second kappa shape index (κ2) is 4.40. The highest BCUT2D eigenvalue weighted by molar-refractivity contribution is 6.30. The van der Waals surface area contributed by atoms with Gasteiger partial charge in [0.05, 0.1) is 0 Å². The van der Waals surface area contributed by atoms with Crippen LogP contribution in [0.4, 0.5) is 0 Å². The molecule has 0 bridgehead atoms. The van der Waals surface area contributed by atoms with E-state index in [0.29, 0.717) is 5.15 Å². The Balaban J connectivity index is 2.89. The van der Waals surface area contributed by atoms with Gasteiger partial charge in [-0.05, 0) is 30.5 Å². The van der Waals surface area contributed by atoms with Gasteiger partial charge in [0.1, 0.15) is 5.15 Å². The van der Waals surface area contributed by atoms with Crippen molar-refractivity contribution in [3.63, 3.8) is 0 Å². The lowest BCUT2D eigenvalue weighted by atomic mass is 10.1. The summed E-state index contributed by atoms with van der Waals surface area (Å²) in [7, 11) is 0. The van der Waals surface area contributed by atoms with Crippen molar-refractivity contribution in [2.24, 2.45) is 5.73 Å². The smallest absolute Gasteiger partial charge is 0.131 e. The van der Waals surface area contributed by atoms with E-state index in [4.69, 9.17) is 17.3 Å². The molecule has 0 spiro atoms. The Morgan fingerprint density at radius 2 is 2.46 bits per heavy atom. The van der Waals surface area contributed by atoms with E-state index >= 15 is 0 Å². The van der Waals surface area contributed by atoms with Crippen LogP contribution in [0.1, 0.15) is 23.6 Å². The van der Waals surface area contributed by atoms with Crippen molar-refractivity contribution >= 4 is 11.6 Å². The Bertz CT molecular complexity index is 310. The van der Waals surface area contributed by atoms with E-state index in [1.165, 1.54) is 0 Å². The van der Waals surface area contributed by atoms with Crippen LogP contribution < -0.4 is 5.73 Å². The summed E-state index contributed by atoms with van der Waals surface area (Å²) in [6.07, 6.45) is 4.26. The van der Waals surface area contributed by atoms with Gasteiger partial charge in [-0.1, -0.05) is 17.7 Å². The number of rotatable bonds is 3. The number of hydrogen-bond donors (Lipinski definition) is 1. The molecule has 70 valence electrons. The van der Waals surface area contributed by atoms with Crippen molar-refractivity contribution in [1.82, 2.24) is 4.98 Å². The van der Waals surface area contributed by atoms with Gasteiger partial charge in [-0.2, -0.15) is 0 Å². The maximum atomic E-state index is 5.87. The second-order valence-electron chi connectivity index (χ2n) is 3.01. The molecule has 1 heterocycles. The van der Waals surface area contributed by atoms with Crippen LogP contribution in [0.25, 0.3) is 0 Å². The Morgan fingerprint density at radius 3 is 3.00 bits per heavy atom. The van der Waals surface area contributed by atoms with E-state index in [9.17, 15) is 0 Å². The molecule has 1 unspecified atom stereocenters. The third kappa shape index (κ3) is 2.54. The van der Waals surface area contributed by atoms with Crippen LogP contribution in [0, 0.1) is 6.92 Å². The van der Waals surface area contributed by atoms with Crippen LogP contribution in [-0.4, -0.2) is 4.98 Å².